The number of hydrogen-bond donors (Lipinski definition) is 17. The maximum atomic E-state index is 12.3. The number of carbonyl (C=O) groups excluding carboxylic acids is 5. The molecule has 17 N–H and O–H groups in total. The fourth-order valence-electron chi connectivity index (χ4n) is 8.65. The highest BCUT2D eigenvalue weighted by Gasteiger charge is 2.53. The van der Waals surface area contributed by atoms with Gasteiger partial charge < -0.3 is 130 Å². The molecule has 0 spiro atoms. The molecule has 71 heavy (non-hydrogen) atoms. The number of ether oxygens (including phenoxy) is 9. The largest absolute Gasteiger partial charge is 0.394 e. The van der Waals surface area contributed by atoms with Gasteiger partial charge in [-0.15, -0.1) is 0 Å². The lowest BCUT2D eigenvalue weighted by Gasteiger charge is -2.46. The van der Waals surface area contributed by atoms with Gasteiger partial charge in [0.1, 0.15) is 122 Å². The topological polar surface area (TPSA) is 471 Å². The Morgan fingerprint density at radius 1 is 0.338 bits per heavy atom. The number of carbonyl (C=O) groups is 5. The molecular weight excluding hydrogens is 966 g/mol. The third kappa shape index (κ3) is 14.4. The van der Waals surface area contributed by atoms with E-state index in [1.54, 1.807) is 0 Å². The minimum atomic E-state index is -1.89. The van der Waals surface area contributed by atoms with Crippen molar-refractivity contribution in [2.45, 2.75) is 188 Å². The quantitative estimate of drug-likeness (QED) is 0.0606. The van der Waals surface area contributed by atoms with Gasteiger partial charge >= 0.3 is 0 Å². The summed E-state index contributed by atoms with van der Waals surface area (Å²) in [6, 6.07) is -7.37. The van der Waals surface area contributed by atoms with Crippen LogP contribution < -0.4 is 26.6 Å². The molecular formula is C40H67N5O26. The van der Waals surface area contributed by atoms with Crippen molar-refractivity contribution >= 4 is 29.5 Å². The molecule has 5 saturated heterocycles. The highest BCUT2D eigenvalue weighted by atomic mass is 16.7. The summed E-state index contributed by atoms with van der Waals surface area (Å²) in [4.78, 5) is 60.1. The van der Waals surface area contributed by atoms with E-state index in [4.69, 9.17) is 42.6 Å². The molecule has 5 heterocycles. The van der Waals surface area contributed by atoms with E-state index in [9.17, 15) is 85.3 Å². The molecule has 31 heteroatoms. The van der Waals surface area contributed by atoms with E-state index in [2.05, 4.69) is 26.6 Å². The molecule has 31 nitrogen and oxygen atoms in total. The Kier molecular flexibility index (Phi) is 21.1. The Hall–Kier alpha value is -3.49. The second-order valence-corrected chi connectivity index (χ2v) is 17.8. The molecule has 5 amide bonds. The van der Waals surface area contributed by atoms with Crippen LogP contribution in [0.15, 0.2) is 0 Å². The third-order valence-electron chi connectivity index (χ3n) is 12.3. The highest BCUT2D eigenvalue weighted by molar-refractivity contribution is 5.74. The van der Waals surface area contributed by atoms with Crippen LogP contribution in [0.3, 0.4) is 0 Å². The SMILES string of the molecule is CC(=O)N[C@@H]1[C@@H](O)[C@H](O)[C@@H](CO[C@@H]2O[C@H](CO[C@@H]3O[C@H](CO[C@@H]4O[C@H](CO[C@@H]5O[C@H](CO)[C@@H](O)[C@H](O)[C@H]5NC(C)=O)[C@@H](O)[C@H](O)[C@H]4NC(C)=O)[C@@H](O)[C@H](O)[C@H]3NC(C)=O)[C@@H](O)[C@H](O)[C@H]2NC(C)=O)O[C@@H]1O. The van der Waals surface area contributed by atoms with Crippen molar-refractivity contribution in [3.8, 4) is 0 Å². The molecule has 25 atom stereocenters. The maximum Gasteiger partial charge on any atom is 0.217 e. The average Bonchev–Trinajstić information content (AvgIpc) is 3.29. The Labute approximate surface area is 404 Å². The zero-order valence-electron chi connectivity index (χ0n) is 39.1. The van der Waals surface area contributed by atoms with Gasteiger partial charge in [0.05, 0.1) is 33.0 Å². The van der Waals surface area contributed by atoms with Crippen LogP contribution in [0.5, 0.6) is 0 Å². The van der Waals surface area contributed by atoms with Crippen molar-refractivity contribution in [1.82, 2.24) is 26.6 Å². The van der Waals surface area contributed by atoms with E-state index in [0.717, 1.165) is 34.6 Å². The summed E-state index contributed by atoms with van der Waals surface area (Å²) in [6.07, 6.45) is -34.0. The molecule has 0 aromatic carbocycles. The summed E-state index contributed by atoms with van der Waals surface area (Å²) in [5.74, 6) is -3.46. The summed E-state index contributed by atoms with van der Waals surface area (Å²) in [7, 11) is 0. The minimum absolute atomic E-state index is 0.646. The molecule has 0 radical (unpaired) electrons. The molecule has 0 saturated carbocycles. The van der Waals surface area contributed by atoms with Crippen LogP contribution in [0.1, 0.15) is 34.6 Å². The van der Waals surface area contributed by atoms with E-state index < -0.39 is 216 Å². The normalized spacial score (nSPS) is 43.9. The standard InChI is InChI=1S/C40H67N5O26/c1-11(47)41-21-31(57)27(53)17(67-36(21)62)7-63-38-23(43-13(3)49)33(59)29(55)19(69-38)9-65-40-25(45-15(5)51)35(61)30(56)20(71-40)10-66-39-24(44-14(4)50)34(60)28(54)18(70-39)8-64-37-22(42-12(2)48)32(58)26(52)16(6-46)68-37/h16-40,46,52-62H,6-10H2,1-5H3,(H,41,47)(H,42,48)(H,43,49)(H,44,50)(H,45,51)/t16-,17-,18-,19-,20-,21-,22-,23-,24-,25-,26-,27-,28-,29-,30-,31-,32-,33-,34-,35-,36+,37-,38-,39-,40-/m1/s1. The average molecular weight is 1030 g/mol. The number of aliphatic hydroxyl groups is 12. The molecule has 0 unspecified atom stereocenters. The number of hydrogen-bond acceptors (Lipinski definition) is 26. The predicted molar refractivity (Wildman–Crippen MR) is 225 cm³/mol. The zero-order valence-corrected chi connectivity index (χ0v) is 39.1. The van der Waals surface area contributed by atoms with Crippen molar-refractivity contribution in [3.05, 3.63) is 0 Å². The number of rotatable bonds is 18. The monoisotopic (exact) mass is 1030 g/mol. The third-order valence-corrected chi connectivity index (χ3v) is 12.3. The van der Waals surface area contributed by atoms with Crippen LogP contribution in [0.4, 0.5) is 0 Å². The summed E-state index contributed by atoms with van der Waals surface area (Å²) >= 11 is 0. The van der Waals surface area contributed by atoms with Gasteiger partial charge in [-0.2, -0.15) is 0 Å². The lowest BCUT2D eigenvalue weighted by atomic mass is 9.95. The molecule has 0 aromatic heterocycles. The Balaban J connectivity index is 1.29. The second kappa shape index (κ2) is 25.6. The van der Waals surface area contributed by atoms with Gasteiger partial charge in [-0.25, -0.2) is 0 Å². The van der Waals surface area contributed by atoms with Crippen LogP contribution in [0, 0.1) is 0 Å². The van der Waals surface area contributed by atoms with E-state index in [-0.39, 0.29) is 0 Å². The van der Waals surface area contributed by atoms with Gasteiger partial charge in [-0.05, 0) is 0 Å². The fourth-order valence-corrected chi connectivity index (χ4v) is 8.65. The number of amides is 5. The second-order valence-electron chi connectivity index (χ2n) is 17.8. The first-order valence-electron chi connectivity index (χ1n) is 22.5. The van der Waals surface area contributed by atoms with Gasteiger partial charge in [0.25, 0.3) is 0 Å². The smallest absolute Gasteiger partial charge is 0.217 e. The first-order valence-corrected chi connectivity index (χ1v) is 22.5. The Morgan fingerprint density at radius 3 is 0.803 bits per heavy atom. The van der Waals surface area contributed by atoms with Gasteiger partial charge in [0, 0.05) is 34.6 Å². The van der Waals surface area contributed by atoms with E-state index in [0.29, 0.717) is 0 Å². The maximum absolute atomic E-state index is 12.3. The molecule has 0 bridgehead atoms. The minimum Gasteiger partial charge on any atom is -0.394 e. The van der Waals surface area contributed by atoms with Gasteiger partial charge in [-0.3, -0.25) is 24.0 Å². The molecule has 5 aliphatic heterocycles. The van der Waals surface area contributed by atoms with Crippen molar-refractivity contribution in [2.75, 3.05) is 33.0 Å². The summed E-state index contributed by atoms with van der Waals surface area (Å²) in [5.41, 5.74) is 0. The van der Waals surface area contributed by atoms with Crippen LogP contribution >= 0.6 is 0 Å². The van der Waals surface area contributed by atoms with Crippen molar-refractivity contribution in [3.63, 3.8) is 0 Å². The van der Waals surface area contributed by atoms with Crippen LogP contribution in [0.25, 0.3) is 0 Å². The molecule has 0 aliphatic carbocycles. The zero-order chi connectivity index (χ0) is 52.8. The van der Waals surface area contributed by atoms with E-state index in [1.165, 1.54) is 0 Å². The Morgan fingerprint density at radius 2 is 0.549 bits per heavy atom. The lowest BCUT2D eigenvalue weighted by molar-refractivity contribution is -0.324. The lowest BCUT2D eigenvalue weighted by Crippen LogP contribution is -2.68. The van der Waals surface area contributed by atoms with Crippen molar-refractivity contribution in [1.29, 1.82) is 0 Å². The molecule has 5 rings (SSSR count). The van der Waals surface area contributed by atoms with Gasteiger partial charge in [0.2, 0.25) is 29.5 Å². The van der Waals surface area contributed by atoms with Gasteiger partial charge in [0.15, 0.2) is 31.5 Å². The molecule has 5 aliphatic rings. The van der Waals surface area contributed by atoms with Crippen LogP contribution in [0.2, 0.25) is 0 Å². The highest BCUT2D eigenvalue weighted by Crippen LogP contribution is 2.31. The molecule has 0 aromatic rings. The summed E-state index contributed by atoms with van der Waals surface area (Å²) < 4.78 is 51.8. The molecule has 408 valence electrons. The first-order chi connectivity index (χ1) is 33.3. The van der Waals surface area contributed by atoms with Crippen LogP contribution in [-0.4, -0.2) is 277 Å². The van der Waals surface area contributed by atoms with Crippen molar-refractivity contribution in [2.24, 2.45) is 0 Å². The predicted octanol–water partition coefficient (Wildman–Crippen LogP) is -11.2. The fraction of sp³-hybridized carbons (Fsp3) is 0.875. The van der Waals surface area contributed by atoms with Crippen LogP contribution in [-0.2, 0) is 66.6 Å². The first kappa shape index (κ1) is 58.4. The van der Waals surface area contributed by atoms with Gasteiger partial charge in [-0.1, -0.05) is 0 Å². The molecule has 5 fully saturated rings. The summed E-state index contributed by atoms with van der Waals surface area (Å²) in [5, 5.41) is 141. The van der Waals surface area contributed by atoms with E-state index in [1.807, 2.05) is 0 Å². The Bertz CT molecular complexity index is 1790. The summed E-state index contributed by atoms with van der Waals surface area (Å²) in [6.45, 7) is 1.84. The van der Waals surface area contributed by atoms with E-state index >= 15 is 0 Å². The van der Waals surface area contributed by atoms with Crippen molar-refractivity contribution < 1.29 is 128 Å². The number of nitrogens with one attached hydrogen (secondary N) is 5. The number of aliphatic hydroxyl groups excluding tert-OH is 12.